The maximum Gasteiger partial charge on any atom is 0.129 e. The first-order valence-electron chi connectivity index (χ1n) is 6.89. The van der Waals surface area contributed by atoms with Gasteiger partial charge in [-0.05, 0) is 36.4 Å². The van der Waals surface area contributed by atoms with Crippen molar-refractivity contribution in [3.05, 3.63) is 57.5 Å². The third-order valence-electron chi connectivity index (χ3n) is 4.08. The summed E-state index contributed by atoms with van der Waals surface area (Å²) in [6.07, 6.45) is 0.236. The van der Waals surface area contributed by atoms with Crippen LogP contribution in [0.2, 0.25) is 0 Å². The Morgan fingerprint density at radius 1 is 1.40 bits per heavy atom. The van der Waals surface area contributed by atoms with Gasteiger partial charge in [-0.3, -0.25) is 4.90 Å². The fourth-order valence-corrected chi connectivity index (χ4v) is 3.84. The summed E-state index contributed by atoms with van der Waals surface area (Å²) in [7, 11) is 0. The molecule has 0 aliphatic carbocycles. The molecule has 2 atom stereocenters. The molecular formula is C16H18FNOS. The van der Waals surface area contributed by atoms with Gasteiger partial charge in [0, 0.05) is 29.6 Å². The van der Waals surface area contributed by atoms with Crippen LogP contribution in [0.3, 0.4) is 0 Å². The Bertz CT molecular complexity index is 598. The Morgan fingerprint density at radius 3 is 3.00 bits per heavy atom. The minimum Gasteiger partial charge on any atom is -0.387 e. The van der Waals surface area contributed by atoms with Crippen molar-refractivity contribution >= 4 is 11.3 Å². The Hall–Kier alpha value is -1.23. The van der Waals surface area contributed by atoms with Crippen LogP contribution in [-0.4, -0.2) is 23.1 Å². The minimum absolute atomic E-state index is 0.284. The molecule has 0 radical (unpaired) electrons. The van der Waals surface area contributed by atoms with Crippen molar-refractivity contribution in [1.82, 2.24) is 4.90 Å². The third kappa shape index (κ3) is 2.51. The van der Waals surface area contributed by atoms with E-state index in [1.54, 1.807) is 29.5 Å². The monoisotopic (exact) mass is 291 g/mol. The van der Waals surface area contributed by atoms with Crippen LogP contribution in [0.5, 0.6) is 0 Å². The summed E-state index contributed by atoms with van der Waals surface area (Å²) in [6.45, 7) is 3.54. The lowest BCUT2D eigenvalue weighted by molar-refractivity contribution is 0.0848. The second-order valence-electron chi connectivity index (χ2n) is 5.26. The van der Waals surface area contributed by atoms with Gasteiger partial charge in [-0.25, -0.2) is 4.39 Å². The summed E-state index contributed by atoms with van der Waals surface area (Å²) in [6, 6.07) is 8.91. The molecule has 0 amide bonds. The fraction of sp³-hybridized carbons (Fsp3) is 0.375. The third-order valence-corrected chi connectivity index (χ3v) is 5.07. The van der Waals surface area contributed by atoms with Crippen LogP contribution in [0.4, 0.5) is 4.39 Å². The first kappa shape index (κ1) is 13.7. The van der Waals surface area contributed by atoms with Crippen molar-refractivity contribution in [2.45, 2.75) is 25.5 Å². The molecule has 1 aliphatic heterocycles. The molecule has 0 spiro atoms. The number of fused-ring (bicyclic) bond motifs is 1. The van der Waals surface area contributed by atoms with E-state index >= 15 is 0 Å². The lowest BCUT2D eigenvalue weighted by Gasteiger charge is -2.35. The Kier molecular flexibility index (Phi) is 3.87. The Morgan fingerprint density at radius 2 is 2.20 bits per heavy atom. The van der Waals surface area contributed by atoms with Gasteiger partial charge in [0.1, 0.15) is 5.82 Å². The van der Waals surface area contributed by atoms with E-state index in [-0.39, 0.29) is 11.9 Å². The summed E-state index contributed by atoms with van der Waals surface area (Å²) in [4.78, 5) is 3.67. The standard InChI is InChI=1S/C16H18FNOS/c1-11-12-7-9-20-16(12)6-8-18(11)10-15(19)13-4-2-3-5-14(13)17/h2-5,7,9,11,15,19H,6,8,10H2,1H3/t11-,15-/m1/s1. The number of aliphatic hydroxyl groups is 1. The lowest BCUT2D eigenvalue weighted by atomic mass is 10.00. The molecule has 1 aromatic heterocycles. The second kappa shape index (κ2) is 5.64. The van der Waals surface area contributed by atoms with Crippen molar-refractivity contribution in [1.29, 1.82) is 0 Å². The van der Waals surface area contributed by atoms with E-state index in [0.29, 0.717) is 12.1 Å². The molecule has 4 heteroatoms. The average Bonchev–Trinajstić information content (AvgIpc) is 2.91. The molecule has 0 unspecified atom stereocenters. The number of thiophene rings is 1. The van der Waals surface area contributed by atoms with Crippen molar-refractivity contribution < 1.29 is 9.50 Å². The highest BCUT2D eigenvalue weighted by molar-refractivity contribution is 7.10. The van der Waals surface area contributed by atoms with Crippen molar-refractivity contribution in [3.8, 4) is 0 Å². The van der Waals surface area contributed by atoms with Gasteiger partial charge in [0.15, 0.2) is 0 Å². The molecule has 2 nitrogen and oxygen atoms in total. The van der Waals surface area contributed by atoms with E-state index < -0.39 is 6.10 Å². The number of nitrogens with zero attached hydrogens (tertiary/aromatic N) is 1. The molecule has 0 saturated carbocycles. The van der Waals surface area contributed by atoms with E-state index in [1.165, 1.54) is 16.5 Å². The van der Waals surface area contributed by atoms with Crippen molar-refractivity contribution in [3.63, 3.8) is 0 Å². The zero-order valence-electron chi connectivity index (χ0n) is 11.4. The quantitative estimate of drug-likeness (QED) is 0.935. The molecule has 0 bridgehead atoms. The highest BCUT2D eigenvalue weighted by Gasteiger charge is 2.27. The van der Waals surface area contributed by atoms with E-state index in [9.17, 15) is 9.50 Å². The lowest BCUT2D eigenvalue weighted by Crippen LogP contribution is -2.36. The molecule has 0 fully saturated rings. The molecule has 1 N–H and O–H groups in total. The largest absolute Gasteiger partial charge is 0.387 e. The highest BCUT2D eigenvalue weighted by atomic mass is 32.1. The summed E-state index contributed by atoms with van der Waals surface area (Å²) < 4.78 is 13.7. The molecule has 1 aromatic carbocycles. The van der Waals surface area contributed by atoms with Gasteiger partial charge < -0.3 is 5.11 Å². The van der Waals surface area contributed by atoms with Gasteiger partial charge in [-0.15, -0.1) is 11.3 Å². The van der Waals surface area contributed by atoms with Crippen LogP contribution in [0.1, 0.15) is 35.1 Å². The predicted octanol–water partition coefficient (Wildman–Crippen LogP) is 3.54. The molecule has 1 aliphatic rings. The molecule has 2 aromatic rings. The summed E-state index contributed by atoms with van der Waals surface area (Å²) in [5, 5.41) is 12.4. The maximum absolute atomic E-state index is 13.7. The number of hydrogen-bond acceptors (Lipinski definition) is 3. The minimum atomic E-state index is -0.779. The van der Waals surface area contributed by atoms with Crippen LogP contribution in [-0.2, 0) is 6.42 Å². The Labute approximate surface area is 122 Å². The molecule has 0 saturated heterocycles. The van der Waals surface area contributed by atoms with Gasteiger partial charge in [0.25, 0.3) is 0 Å². The van der Waals surface area contributed by atoms with Gasteiger partial charge in [-0.1, -0.05) is 18.2 Å². The molecule has 2 heterocycles. The van der Waals surface area contributed by atoms with E-state index in [1.807, 2.05) is 0 Å². The summed E-state index contributed by atoms with van der Waals surface area (Å²) >= 11 is 1.80. The number of halogens is 1. The van der Waals surface area contributed by atoms with Crippen molar-refractivity contribution in [2.75, 3.05) is 13.1 Å². The smallest absolute Gasteiger partial charge is 0.129 e. The van der Waals surface area contributed by atoms with Crippen molar-refractivity contribution in [2.24, 2.45) is 0 Å². The topological polar surface area (TPSA) is 23.5 Å². The SMILES string of the molecule is C[C@@H]1c2ccsc2CCN1C[C@@H](O)c1ccccc1F. The van der Waals surface area contributed by atoms with Gasteiger partial charge in [0.2, 0.25) is 0 Å². The number of rotatable bonds is 3. The Balaban J connectivity index is 1.74. The van der Waals surface area contributed by atoms with Crippen LogP contribution >= 0.6 is 11.3 Å². The number of benzene rings is 1. The van der Waals surface area contributed by atoms with Crippen LogP contribution in [0.25, 0.3) is 0 Å². The van der Waals surface area contributed by atoms with E-state index in [0.717, 1.165) is 13.0 Å². The van der Waals surface area contributed by atoms with Gasteiger partial charge in [0.05, 0.1) is 6.10 Å². The highest BCUT2D eigenvalue weighted by Crippen LogP contribution is 2.34. The zero-order chi connectivity index (χ0) is 14.1. The van der Waals surface area contributed by atoms with E-state index in [4.69, 9.17) is 0 Å². The predicted molar refractivity (Wildman–Crippen MR) is 79.4 cm³/mol. The first-order valence-corrected chi connectivity index (χ1v) is 7.77. The summed E-state index contributed by atoms with van der Waals surface area (Å²) in [5.41, 5.74) is 1.73. The van der Waals surface area contributed by atoms with Gasteiger partial charge >= 0.3 is 0 Å². The van der Waals surface area contributed by atoms with Gasteiger partial charge in [-0.2, -0.15) is 0 Å². The first-order chi connectivity index (χ1) is 9.66. The van der Waals surface area contributed by atoms with Crippen LogP contribution in [0.15, 0.2) is 35.7 Å². The fourth-order valence-electron chi connectivity index (χ4n) is 2.88. The van der Waals surface area contributed by atoms with Crippen LogP contribution in [0, 0.1) is 5.82 Å². The van der Waals surface area contributed by atoms with Crippen LogP contribution < -0.4 is 0 Å². The summed E-state index contributed by atoms with van der Waals surface area (Å²) in [5.74, 6) is -0.333. The molecular weight excluding hydrogens is 273 g/mol. The second-order valence-corrected chi connectivity index (χ2v) is 6.26. The normalized spacial score (nSPS) is 20.6. The number of β-amino-alcohol motifs (C(OH)–C–C–N with tert-alkyl or cyclic N) is 1. The zero-order valence-corrected chi connectivity index (χ0v) is 12.2. The van der Waals surface area contributed by atoms with E-state index in [2.05, 4.69) is 23.3 Å². The molecule has 3 rings (SSSR count). The maximum atomic E-state index is 13.7. The molecule has 106 valence electrons. The number of hydrogen-bond donors (Lipinski definition) is 1. The molecule has 20 heavy (non-hydrogen) atoms. The average molecular weight is 291 g/mol. The number of aliphatic hydroxyl groups excluding tert-OH is 1.